The number of nitrogens with one attached hydrogen (secondary N) is 1. The van der Waals surface area contributed by atoms with Gasteiger partial charge < -0.3 is 24.8 Å². The minimum Gasteiger partial charge on any atom is -0.481 e. The summed E-state index contributed by atoms with van der Waals surface area (Å²) in [6.07, 6.45) is 3.04. The molecule has 1 aliphatic carbocycles. The molecule has 2 aromatic carbocycles. The van der Waals surface area contributed by atoms with Crippen LogP contribution < -0.4 is 20.1 Å². The molecule has 3 N–H and O–H groups in total. The number of carbonyl (C=O) groups excluding carboxylic acids is 1. The van der Waals surface area contributed by atoms with E-state index in [1.165, 1.54) is 6.07 Å². The molecule has 0 radical (unpaired) electrons. The Labute approximate surface area is 238 Å². The summed E-state index contributed by atoms with van der Waals surface area (Å²) in [7, 11) is 7.77. The predicted molar refractivity (Wildman–Crippen MR) is 160 cm³/mol. The number of nitrogens with zero attached hydrogens (tertiary/aromatic N) is 2. The van der Waals surface area contributed by atoms with Crippen LogP contribution in [-0.4, -0.2) is 62.8 Å². The molecule has 214 valence electrons. The highest BCUT2D eigenvalue weighted by Crippen LogP contribution is 2.42. The third-order valence-electron chi connectivity index (χ3n) is 7.11. The third-order valence-corrected chi connectivity index (χ3v) is 7.11. The van der Waals surface area contributed by atoms with E-state index < -0.39 is 11.9 Å². The number of carbonyl (C=O) groups is 3. The number of amides is 1. The molecule has 1 aliphatic heterocycles. The van der Waals surface area contributed by atoms with Crippen molar-refractivity contribution in [3.05, 3.63) is 71.1 Å². The fraction of sp³-hybridized carbons (Fsp3) is 0.312. The van der Waals surface area contributed by atoms with Gasteiger partial charge in [-0.25, -0.2) is 9.37 Å². The van der Waals surface area contributed by atoms with E-state index in [1.807, 2.05) is 74.1 Å². The molecule has 0 spiro atoms. The van der Waals surface area contributed by atoms with Crippen LogP contribution in [0.5, 0.6) is 0 Å². The van der Waals surface area contributed by atoms with Crippen molar-refractivity contribution in [1.29, 1.82) is 0 Å². The lowest BCUT2D eigenvalue weighted by Gasteiger charge is -2.19. The van der Waals surface area contributed by atoms with E-state index in [0.29, 0.717) is 36.3 Å². The Balaban J connectivity index is 1.73. The first kappa shape index (κ1) is 29.3. The Bertz CT molecular complexity index is 1650. The first-order valence-electron chi connectivity index (χ1n) is 13.6. The van der Waals surface area contributed by atoms with Crippen molar-refractivity contribution in [2.75, 3.05) is 39.6 Å². The average Bonchev–Trinajstić information content (AvgIpc) is 2.94. The minimum atomic E-state index is -1.13. The zero-order valence-electron chi connectivity index (χ0n) is 23.9. The van der Waals surface area contributed by atoms with Crippen LogP contribution in [0.15, 0.2) is 59.0 Å². The van der Waals surface area contributed by atoms with Gasteiger partial charge in [-0.15, -0.1) is 0 Å². The third kappa shape index (κ3) is 6.74. The van der Waals surface area contributed by atoms with Crippen molar-refractivity contribution < 1.29 is 29.0 Å². The zero-order valence-corrected chi connectivity index (χ0v) is 23.9. The van der Waals surface area contributed by atoms with Crippen LogP contribution in [0.4, 0.5) is 5.69 Å². The molecule has 2 aliphatic rings. The highest BCUT2D eigenvalue weighted by atomic mass is 16.4. The van der Waals surface area contributed by atoms with Gasteiger partial charge in [0.25, 0.3) is 5.91 Å². The Kier molecular flexibility index (Phi) is 9.07. The summed E-state index contributed by atoms with van der Waals surface area (Å²) in [5.41, 5.74) is 3.84. The number of hydrogen-bond acceptors (Lipinski definition) is 5. The largest absolute Gasteiger partial charge is 0.481 e. The normalized spacial score (nSPS) is 11.0. The molecule has 1 amide bonds. The van der Waals surface area contributed by atoms with Gasteiger partial charge in [-0.05, 0) is 48.7 Å². The fourth-order valence-corrected chi connectivity index (χ4v) is 4.85. The Morgan fingerprint density at radius 1 is 0.878 bits per heavy atom. The lowest BCUT2D eigenvalue weighted by atomic mass is 9.89. The van der Waals surface area contributed by atoms with E-state index >= 15 is 0 Å². The van der Waals surface area contributed by atoms with Crippen molar-refractivity contribution in [2.45, 2.75) is 32.1 Å². The van der Waals surface area contributed by atoms with Crippen LogP contribution in [0.25, 0.3) is 33.4 Å². The molecule has 0 unspecified atom stereocenters. The summed E-state index contributed by atoms with van der Waals surface area (Å²) in [6.45, 7) is 0.425. The number of carboxylic acids is 2. The van der Waals surface area contributed by atoms with Gasteiger partial charge in [0.15, 0.2) is 0 Å². The zero-order chi connectivity index (χ0) is 29.7. The molecule has 4 rings (SSSR count). The summed E-state index contributed by atoms with van der Waals surface area (Å²) in [5, 5.41) is 23.5. The molecule has 0 saturated heterocycles. The van der Waals surface area contributed by atoms with Gasteiger partial charge in [0.05, 0.1) is 11.6 Å². The topological polar surface area (TPSA) is 123 Å². The fourth-order valence-electron chi connectivity index (χ4n) is 4.85. The highest BCUT2D eigenvalue weighted by Gasteiger charge is 2.23. The lowest BCUT2D eigenvalue weighted by molar-refractivity contribution is -0.137. The summed E-state index contributed by atoms with van der Waals surface area (Å²) < 4.78 is 8.32. The van der Waals surface area contributed by atoms with Crippen molar-refractivity contribution >= 4 is 34.5 Å². The van der Waals surface area contributed by atoms with Gasteiger partial charge in [-0.1, -0.05) is 18.9 Å². The Hall–Kier alpha value is -4.66. The summed E-state index contributed by atoms with van der Waals surface area (Å²) in [4.78, 5) is 38.0. The first-order valence-corrected chi connectivity index (χ1v) is 13.6. The number of aliphatic carboxylic acids is 1. The summed E-state index contributed by atoms with van der Waals surface area (Å²) in [6, 6.07) is 16.4. The van der Waals surface area contributed by atoms with Gasteiger partial charge in [0.2, 0.25) is 5.36 Å². The number of unbranched alkanes of at least 4 members (excludes halogenated alkanes) is 3. The molecule has 1 heterocycles. The maximum atomic E-state index is 12.9. The molecule has 0 saturated carbocycles. The van der Waals surface area contributed by atoms with E-state index in [4.69, 9.17) is 9.52 Å². The Morgan fingerprint density at radius 3 is 2.29 bits per heavy atom. The van der Waals surface area contributed by atoms with Gasteiger partial charge >= 0.3 is 11.9 Å². The second kappa shape index (κ2) is 12.7. The molecule has 0 aromatic heterocycles. The molecule has 9 heteroatoms. The monoisotopic (exact) mass is 558 g/mol. The second-order valence-corrected chi connectivity index (χ2v) is 10.5. The van der Waals surface area contributed by atoms with Crippen LogP contribution >= 0.6 is 0 Å². The van der Waals surface area contributed by atoms with Crippen molar-refractivity contribution in [1.82, 2.24) is 9.89 Å². The molecule has 41 heavy (non-hydrogen) atoms. The molecule has 0 fully saturated rings. The highest BCUT2D eigenvalue weighted by molar-refractivity contribution is 6.09. The summed E-state index contributed by atoms with van der Waals surface area (Å²) >= 11 is 0. The maximum Gasteiger partial charge on any atom is 0.336 e. The van der Waals surface area contributed by atoms with Crippen molar-refractivity contribution in [3.63, 3.8) is 0 Å². The van der Waals surface area contributed by atoms with Crippen LogP contribution in [0.2, 0.25) is 0 Å². The standard InChI is InChI=1S/C32H35N3O6/c1-34(2)21-11-14-24-27(18-21)41-28-19-22(35(3)4)12-15-25(28)30(24)23-13-10-20(17-26(23)32(39)40)31(38)33-16-8-6-5-7-9-29(36)37/h10-15,17-19H,5-9,16H2,1-4H3,(H2-,33,36,37,38,39,40)/p+1. The number of aromatic carboxylic acids is 1. The van der Waals surface area contributed by atoms with E-state index in [-0.39, 0.29) is 23.5 Å². The van der Waals surface area contributed by atoms with Gasteiger partial charge in [-0.2, -0.15) is 0 Å². The van der Waals surface area contributed by atoms with Crippen molar-refractivity contribution in [3.8, 4) is 22.5 Å². The number of carboxylic acid groups (broad SMARTS) is 2. The first-order chi connectivity index (χ1) is 19.6. The van der Waals surface area contributed by atoms with Gasteiger partial charge in [0.1, 0.15) is 25.4 Å². The lowest BCUT2D eigenvalue weighted by Crippen LogP contribution is -2.24. The molecule has 0 atom stereocenters. The Morgan fingerprint density at radius 2 is 1.61 bits per heavy atom. The number of anilines is 1. The quantitative estimate of drug-likeness (QED) is 0.138. The predicted octanol–water partition coefficient (Wildman–Crippen LogP) is 4.77. The van der Waals surface area contributed by atoms with E-state index in [0.717, 1.165) is 40.4 Å². The number of hydrogen-bond donors (Lipinski definition) is 3. The van der Waals surface area contributed by atoms with Gasteiger partial charge in [-0.3, -0.25) is 9.59 Å². The second-order valence-electron chi connectivity index (χ2n) is 10.5. The molecule has 2 aromatic rings. The van der Waals surface area contributed by atoms with Crippen LogP contribution in [0.1, 0.15) is 52.8 Å². The van der Waals surface area contributed by atoms with Crippen LogP contribution in [0.3, 0.4) is 0 Å². The maximum absolute atomic E-state index is 12.9. The minimum absolute atomic E-state index is 0.0218. The molecular weight excluding hydrogens is 522 g/mol. The van der Waals surface area contributed by atoms with E-state index in [9.17, 15) is 19.5 Å². The van der Waals surface area contributed by atoms with Crippen LogP contribution in [0, 0.1) is 0 Å². The molecule has 0 bridgehead atoms. The SMILES string of the molecule is CN(C)c1ccc2c(-c3ccc(C(=O)NCCCCCCC(=O)O)cc3C(=O)O)c3ccc(=[N+](C)C)cc-3oc2c1. The van der Waals surface area contributed by atoms with E-state index in [1.54, 1.807) is 12.1 Å². The smallest absolute Gasteiger partial charge is 0.336 e. The average molecular weight is 559 g/mol. The van der Waals surface area contributed by atoms with Gasteiger partial charge in [0, 0.05) is 67.0 Å². The summed E-state index contributed by atoms with van der Waals surface area (Å²) in [5.74, 6) is -1.67. The molecular formula is C32H36N3O6+. The number of benzene rings is 3. The number of rotatable bonds is 11. The van der Waals surface area contributed by atoms with Crippen molar-refractivity contribution in [2.24, 2.45) is 0 Å². The van der Waals surface area contributed by atoms with Crippen LogP contribution in [-0.2, 0) is 4.79 Å². The molecule has 9 nitrogen and oxygen atoms in total. The number of fused-ring (bicyclic) bond motifs is 2. The van der Waals surface area contributed by atoms with E-state index in [2.05, 4.69) is 5.32 Å².